The maximum atomic E-state index is 13.3. The van der Waals surface area contributed by atoms with Crippen LogP contribution in [0.1, 0.15) is 20.7 Å². The van der Waals surface area contributed by atoms with Gasteiger partial charge in [0.15, 0.2) is 0 Å². The highest BCUT2D eigenvalue weighted by Crippen LogP contribution is 2.42. The van der Waals surface area contributed by atoms with Crippen molar-refractivity contribution in [2.45, 2.75) is 9.79 Å². The van der Waals surface area contributed by atoms with Gasteiger partial charge in [-0.05, 0) is 36.4 Å². The van der Waals surface area contributed by atoms with E-state index in [1.165, 1.54) is 4.90 Å². The van der Waals surface area contributed by atoms with Gasteiger partial charge in [0.25, 0.3) is 17.7 Å². The summed E-state index contributed by atoms with van der Waals surface area (Å²) in [6.07, 6.45) is 0. The topological polar surface area (TPSA) is 74.8 Å². The molecule has 3 aromatic rings. The summed E-state index contributed by atoms with van der Waals surface area (Å²) >= 11 is 0. The minimum Gasteiger partial charge on any atom is -0.277 e. The van der Waals surface area contributed by atoms with Crippen LogP contribution in [0.4, 0.5) is 11.4 Å². The molecule has 0 radical (unpaired) electrons. The number of hydrogen-bond donors (Lipinski definition) is 0. The SMILES string of the molecule is O=C1c2ccccc2C(=O)N1CC(=O)N1c2ccccc2S(=O)c2ccccc21. The van der Waals surface area contributed by atoms with Crippen LogP contribution in [0.3, 0.4) is 0 Å². The summed E-state index contributed by atoms with van der Waals surface area (Å²) in [5.74, 6) is -1.42. The Morgan fingerprint density at radius 1 is 0.724 bits per heavy atom. The van der Waals surface area contributed by atoms with Gasteiger partial charge >= 0.3 is 0 Å². The molecule has 0 unspecified atom stereocenters. The van der Waals surface area contributed by atoms with Crippen molar-refractivity contribution in [3.63, 3.8) is 0 Å². The molecule has 7 heteroatoms. The highest BCUT2D eigenvalue weighted by Gasteiger charge is 2.39. The first kappa shape index (κ1) is 17.5. The lowest BCUT2D eigenvalue weighted by molar-refractivity contribution is -0.118. The molecule has 3 aromatic carbocycles. The molecule has 0 aliphatic carbocycles. The number of anilines is 2. The molecular weight excluding hydrogens is 388 g/mol. The number of benzene rings is 3. The van der Waals surface area contributed by atoms with E-state index in [0.29, 0.717) is 32.3 Å². The Hall–Kier alpha value is -3.58. The molecule has 0 spiro atoms. The molecule has 0 atom stereocenters. The highest BCUT2D eigenvalue weighted by atomic mass is 32.2. The Morgan fingerprint density at radius 2 is 1.17 bits per heavy atom. The molecule has 142 valence electrons. The number of fused-ring (bicyclic) bond motifs is 3. The molecule has 3 amide bonds. The van der Waals surface area contributed by atoms with Crippen molar-refractivity contribution in [2.75, 3.05) is 11.4 Å². The van der Waals surface area contributed by atoms with Crippen LogP contribution in [0.25, 0.3) is 0 Å². The van der Waals surface area contributed by atoms with Crippen LogP contribution in [-0.2, 0) is 15.6 Å². The second-order valence-electron chi connectivity index (χ2n) is 6.68. The smallest absolute Gasteiger partial charge is 0.262 e. The highest BCUT2D eigenvalue weighted by molar-refractivity contribution is 7.85. The number of carbonyl (C=O) groups excluding carboxylic acids is 3. The van der Waals surface area contributed by atoms with Crippen LogP contribution >= 0.6 is 0 Å². The molecule has 0 aromatic heterocycles. The van der Waals surface area contributed by atoms with Gasteiger partial charge in [0.05, 0.1) is 43.1 Å². The van der Waals surface area contributed by atoms with Crippen LogP contribution in [0.15, 0.2) is 82.6 Å². The number of imide groups is 1. The Morgan fingerprint density at radius 3 is 1.69 bits per heavy atom. The van der Waals surface area contributed by atoms with Gasteiger partial charge in [0.2, 0.25) is 0 Å². The predicted octanol–water partition coefficient (Wildman–Crippen LogP) is 3.13. The number of hydrogen-bond acceptors (Lipinski definition) is 4. The summed E-state index contributed by atoms with van der Waals surface area (Å²) in [5.41, 5.74) is 1.58. The zero-order valence-electron chi connectivity index (χ0n) is 15.1. The molecule has 2 aliphatic heterocycles. The van der Waals surface area contributed by atoms with E-state index < -0.39 is 35.1 Å². The first-order valence-corrected chi connectivity index (χ1v) is 10.1. The van der Waals surface area contributed by atoms with E-state index in [-0.39, 0.29) is 0 Å². The number of rotatable bonds is 2. The van der Waals surface area contributed by atoms with Gasteiger partial charge in [-0.3, -0.25) is 24.2 Å². The van der Waals surface area contributed by atoms with Gasteiger partial charge in [0, 0.05) is 0 Å². The molecule has 6 nitrogen and oxygen atoms in total. The van der Waals surface area contributed by atoms with Crippen LogP contribution in [0.2, 0.25) is 0 Å². The number of amides is 3. The fourth-order valence-corrected chi connectivity index (χ4v) is 5.04. The molecule has 29 heavy (non-hydrogen) atoms. The molecule has 0 N–H and O–H groups in total. The average molecular weight is 402 g/mol. The van der Waals surface area contributed by atoms with Gasteiger partial charge in [-0.25, -0.2) is 4.21 Å². The second-order valence-corrected chi connectivity index (χ2v) is 8.09. The number of carbonyl (C=O) groups is 3. The molecule has 0 saturated carbocycles. The van der Waals surface area contributed by atoms with Crippen molar-refractivity contribution in [2.24, 2.45) is 0 Å². The predicted molar refractivity (Wildman–Crippen MR) is 107 cm³/mol. The molecule has 0 saturated heterocycles. The Kier molecular flexibility index (Phi) is 3.92. The van der Waals surface area contributed by atoms with Gasteiger partial charge < -0.3 is 0 Å². The lowest BCUT2D eigenvalue weighted by atomic mass is 10.1. The van der Waals surface area contributed by atoms with Crippen LogP contribution in [0, 0.1) is 0 Å². The van der Waals surface area contributed by atoms with Gasteiger partial charge in [0.1, 0.15) is 6.54 Å². The van der Waals surface area contributed by atoms with Gasteiger partial charge in [-0.2, -0.15) is 0 Å². The summed E-state index contributed by atoms with van der Waals surface area (Å²) in [7, 11) is -1.42. The minimum atomic E-state index is -1.42. The van der Waals surface area contributed by atoms with E-state index in [1.807, 2.05) is 0 Å². The van der Waals surface area contributed by atoms with E-state index in [0.717, 1.165) is 4.90 Å². The van der Waals surface area contributed by atoms with Crippen molar-refractivity contribution >= 4 is 39.9 Å². The quantitative estimate of drug-likeness (QED) is 0.618. The van der Waals surface area contributed by atoms with Gasteiger partial charge in [-0.1, -0.05) is 36.4 Å². The van der Waals surface area contributed by atoms with E-state index in [4.69, 9.17) is 0 Å². The maximum absolute atomic E-state index is 13.3. The lowest BCUT2D eigenvalue weighted by Gasteiger charge is -2.31. The fourth-order valence-electron chi connectivity index (χ4n) is 3.70. The third-order valence-corrected chi connectivity index (χ3v) is 6.52. The zero-order chi connectivity index (χ0) is 20.1. The van der Waals surface area contributed by atoms with Crippen molar-refractivity contribution < 1.29 is 18.6 Å². The van der Waals surface area contributed by atoms with E-state index in [9.17, 15) is 18.6 Å². The third-order valence-electron chi connectivity index (χ3n) is 5.03. The van der Waals surface area contributed by atoms with Crippen LogP contribution in [-0.4, -0.2) is 33.4 Å². The Labute approximate surface area is 168 Å². The lowest BCUT2D eigenvalue weighted by Crippen LogP contribution is -2.42. The summed E-state index contributed by atoms with van der Waals surface area (Å²) in [5, 5.41) is 0. The van der Waals surface area contributed by atoms with Crippen LogP contribution in [0.5, 0.6) is 0 Å². The normalized spacial score (nSPS) is 15.2. The summed E-state index contributed by atoms with van der Waals surface area (Å²) in [4.78, 5) is 42.1. The van der Waals surface area contributed by atoms with E-state index in [1.54, 1.807) is 72.8 Å². The maximum Gasteiger partial charge on any atom is 0.262 e. The Balaban J connectivity index is 1.55. The molecule has 0 fully saturated rings. The second kappa shape index (κ2) is 6.49. The molecule has 0 bridgehead atoms. The monoisotopic (exact) mass is 402 g/mol. The van der Waals surface area contributed by atoms with E-state index >= 15 is 0 Å². The minimum absolute atomic E-state index is 0.297. The van der Waals surface area contributed by atoms with Crippen molar-refractivity contribution in [1.82, 2.24) is 4.90 Å². The third kappa shape index (κ3) is 2.55. The average Bonchev–Trinajstić information content (AvgIpc) is 2.99. The summed E-state index contributed by atoms with van der Waals surface area (Å²) in [6, 6.07) is 20.4. The van der Waals surface area contributed by atoms with Crippen molar-refractivity contribution in [1.29, 1.82) is 0 Å². The zero-order valence-corrected chi connectivity index (χ0v) is 15.9. The number of para-hydroxylation sites is 2. The first-order chi connectivity index (χ1) is 14.1. The van der Waals surface area contributed by atoms with Crippen LogP contribution < -0.4 is 4.90 Å². The van der Waals surface area contributed by atoms with Crippen molar-refractivity contribution in [3.05, 3.63) is 83.9 Å². The summed E-state index contributed by atoms with van der Waals surface area (Å²) in [6.45, 7) is -0.401. The Bertz CT molecular complexity index is 1150. The molecular formula is C22H14N2O4S. The standard InChI is InChI=1S/C22H14N2O4S/c25-20(13-23-21(26)14-7-1-2-8-15(14)22(23)27)24-16-9-3-5-11-18(16)29(28)19-12-6-4-10-17(19)24/h1-12H,13H2. The molecule has 5 rings (SSSR count). The first-order valence-electron chi connectivity index (χ1n) is 8.96. The fraction of sp³-hybridized carbons (Fsp3) is 0.0455. The molecule has 2 heterocycles. The number of nitrogens with zero attached hydrogens (tertiary/aromatic N) is 2. The van der Waals surface area contributed by atoms with E-state index in [2.05, 4.69) is 0 Å². The van der Waals surface area contributed by atoms with Crippen molar-refractivity contribution in [3.8, 4) is 0 Å². The van der Waals surface area contributed by atoms with Gasteiger partial charge in [-0.15, -0.1) is 0 Å². The summed E-state index contributed by atoms with van der Waals surface area (Å²) < 4.78 is 12.9. The molecule has 2 aliphatic rings. The largest absolute Gasteiger partial charge is 0.277 e.